The summed E-state index contributed by atoms with van der Waals surface area (Å²) in [7, 11) is 0. The Bertz CT molecular complexity index is 915. The Morgan fingerprint density at radius 1 is 0.714 bits per heavy atom. The van der Waals surface area contributed by atoms with Gasteiger partial charge in [0.05, 0.1) is 0 Å². The molecular formula is C22H23N3O3. The molecule has 1 saturated heterocycles. The topological polar surface area (TPSA) is 60.9 Å². The third kappa shape index (κ3) is 3.38. The van der Waals surface area contributed by atoms with Crippen molar-refractivity contribution < 1.29 is 14.4 Å². The van der Waals surface area contributed by atoms with Crippen LogP contribution in [0.2, 0.25) is 0 Å². The molecule has 0 N–H and O–H groups in total. The number of rotatable bonds is 2. The summed E-state index contributed by atoms with van der Waals surface area (Å²) >= 11 is 0. The lowest BCUT2D eigenvalue weighted by molar-refractivity contribution is -0.130. The minimum atomic E-state index is -0.0614. The van der Waals surface area contributed by atoms with Gasteiger partial charge in [0.25, 0.3) is 11.8 Å². The van der Waals surface area contributed by atoms with Gasteiger partial charge in [-0.05, 0) is 42.3 Å². The first kappa shape index (κ1) is 18.2. The molecule has 6 nitrogen and oxygen atoms in total. The predicted molar refractivity (Wildman–Crippen MR) is 106 cm³/mol. The first-order valence-electron chi connectivity index (χ1n) is 9.59. The van der Waals surface area contributed by atoms with Crippen LogP contribution in [0.15, 0.2) is 48.5 Å². The second-order valence-electron chi connectivity index (χ2n) is 7.21. The van der Waals surface area contributed by atoms with Crippen molar-refractivity contribution in [1.82, 2.24) is 9.80 Å². The van der Waals surface area contributed by atoms with Gasteiger partial charge in [-0.15, -0.1) is 0 Å². The van der Waals surface area contributed by atoms with Crippen LogP contribution in [0.4, 0.5) is 5.69 Å². The lowest BCUT2D eigenvalue weighted by Crippen LogP contribution is -2.50. The Hall–Kier alpha value is -3.15. The van der Waals surface area contributed by atoms with E-state index in [1.807, 2.05) is 18.2 Å². The summed E-state index contributed by atoms with van der Waals surface area (Å²) in [5, 5.41) is 0. The van der Waals surface area contributed by atoms with E-state index in [1.54, 1.807) is 45.9 Å². The van der Waals surface area contributed by atoms with Crippen molar-refractivity contribution in [2.45, 2.75) is 13.3 Å². The predicted octanol–water partition coefficient (Wildman–Crippen LogP) is 2.19. The van der Waals surface area contributed by atoms with Crippen LogP contribution in [0.1, 0.15) is 33.2 Å². The molecule has 0 radical (unpaired) electrons. The highest BCUT2D eigenvalue weighted by Crippen LogP contribution is 2.28. The number of hydrogen-bond acceptors (Lipinski definition) is 3. The maximum absolute atomic E-state index is 12.9. The summed E-state index contributed by atoms with van der Waals surface area (Å²) in [5.41, 5.74) is 3.30. The lowest BCUT2D eigenvalue weighted by atomic mass is 10.1. The van der Waals surface area contributed by atoms with E-state index < -0.39 is 0 Å². The zero-order valence-electron chi connectivity index (χ0n) is 15.9. The van der Waals surface area contributed by atoms with Crippen LogP contribution in [-0.4, -0.2) is 60.2 Å². The molecule has 144 valence electrons. The third-order valence-corrected chi connectivity index (χ3v) is 5.52. The Kier molecular flexibility index (Phi) is 4.86. The fraction of sp³-hybridized carbons (Fsp3) is 0.318. The van der Waals surface area contributed by atoms with Crippen molar-refractivity contribution in [1.29, 1.82) is 0 Å². The zero-order chi connectivity index (χ0) is 19.7. The molecule has 28 heavy (non-hydrogen) atoms. The van der Waals surface area contributed by atoms with Crippen LogP contribution in [-0.2, 0) is 11.2 Å². The fourth-order valence-corrected chi connectivity index (χ4v) is 3.87. The summed E-state index contributed by atoms with van der Waals surface area (Å²) in [6, 6.07) is 14.8. The van der Waals surface area contributed by atoms with Crippen LogP contribution in [0.25, 0.3) is 0 Å². The van der Waals surface area contributed by atoms with Gasteiger partial charge < -0.3 is 14.7 Å². The summed E-state index contributed by atoms with van der Waals surface area (Å²) < 4.78 is 0. The highest BCUT2D eigenvalue weighted by Gasteiger charge is 2.26. The number of anilines is 1. The standard InChI is InChI=1S/C22H23N3O3/c1-16(26)23-12-14-24(15-13-23)21(27)18-6-8-19(9-7-18)22(28)25-11-10-17-4-2-3-5-20(17)25/h2-9H,10-15H2,1H3. The van der Waals surface area contributed by atoms with Crippen LogP contribution in [0, 0.1) is 0 Å². The minimum absolute atomic E-state index is 0.0402. The summed E-state index contributed by atoms with van der Waals surface area (Å²) in [6.07, 6.45) is 0.866. The van der Waals surface area contributed by atoms with E-state index in [0.717, 1.165) is 12.1 Å². The monoisotopic (exact) mass is 377 g/mol. The van der Waals surface area contributed by atoms with E-state index in [4.69, 9.17) is 0 Å². The van der Waals surface area contributed by atoms with Crippen LogP contribution in [0.3, 0.4) is 0 Å². The number of benzene rings is 2. The van der Waals surface area contributed by atoms with Crippen molar-refractivity contribution in [3.8, 4) is 0 Å². The van der Waals surface area contributed by atoms with Gasteiger partial charge in [-0.2, -0.15) is 0 Å². The fourth-order valence-electron chi connectivity index (χ4n) is 3.87. The number of para-hydroxylation sites is 1. The molecule has 0 aliphatic carbocycles. The van der Waals surface area contributed by atoms with Gasteiger partial charge in [-0.3, -0.25) is 14.4 Å². The molecule has 2 heterocycles. The average molecular weight is 377 g/mol. The molecule has 2 aromatic rings. The van der Waals surface area contributed by atoms with Gasteiger partial charge in [0.1, 0.15) is 0 Å². The Balaban J connectivity index is 1.44. The van der Waals surface area contributed by atoms with E-state index in [-0.39, 0.29) is 17.7 Å². The number of amides is 3. The quantitative estimate of drug-likeness (QED) is 0.806. The Labute approximate surface area is 164 Å². The van der Waals surface area contributed by atoms with Gasteiger partial charge in [0, 0.05) is 56.5 Å². The van der Waals surface area contributed by atoms with Crippen LogP contribution < -0.4 is 4.90 Å². The lowest BCUT2D eigenvalue weighted by Gasteiger charge is -2.34. The SMILES string of the molecule is CC(=O)N1CCN(C(=O)c2ccc(C(=O)N3CCc4ccccc43)cc2)CC1. The van der Waals surface area contributed by atoms with Gasteiger partial charge in [0.15, 0.2) is 0 Å². The smallest absolute Gasteiger partial charge is 0.258 e. The first-order chi connectivity index (χ1) is 13.5. The molecule has 4 rings (SSSR count). The molecule has 0 spiro atoms. The summed E-state index contributed by atoms with van der Waals surface area (Å²) in [6.45, 7) is 4.41. The average Bonchev–Trinajstić information content (AvgIpc) is 3.17. The van der Waals surface area contributed by atoms with E-state index in [1.165, 1.54) is 5.56 Å². The zero-order valence-corrected chi connectivity index (χ0v) is 15.9. The van der Waals surface area contributed by atoms with Gasteiger partial charge in [-0.1, -0.05) is 18.2 Å². The largest absolute Gasteiger partial charge is 0.339 e. The second-order valence-corrected chi connectivity index (χ2v) is 7.21. The van der Waals surface area contributed by atoms with Crippen molar-refractivity contribution in [3.63, 3.8) is 0 Å². The van der Waals surface area contributed by atoms with Crippen molar-refractivity contribution in [3.05, 3.63) is 65.2 Å². The van der Waals surface area contributed by atoms with Crippen molar-refractivity contribution in [2.24, 2.45) is 0 Å². The molecule has 3 amide bonds. The molecular weight excluding hydrogens is 354 g/mol. The summed E-state index contributed by atoms with van der Waals surface area (Å²) in [4.78, 5) is 42.3. The number of piperazine rings is 1. The van der Waals surface area contributed by atoms with E-state index >= 15 is 0 Å². The minimum Gasteiger partial charge on any atom is -0.339 e. The van der Waals surface area contributed by atoms with E-state index in [0.29, 0.717) is 43.9 Å². The number of fused-ring (bicyclic) bond motifs is 1. The highest BCUT2D eigenvalue weighted by molar-refractivity contribution is 6.07. The number of nitrogens with zero attached hydrogens (tertiary/aromatic N) is 3. The van der Waals surface area contributed by atoms with Gasteiger partial charge in [0.2, 0.25) is 5.91 Å². The Morgan fingerprint density at radius 2 is 1.29 bits per heavy atom. The molecule has 0 bridgehead atoms. The number of carbonyl (C=O) groups excluding carboxylic acids is 3. The van der Waals surface area contributed by atoms with Crippen molar-refractivity contribution >= 4 is 23.4 Å². The number of carbonyl (C=O) groups is 3. The Morgan fingerprint density at radius 3 is 1.93 bits per heavy atom. The molecule has 0 unspecified atom stereocenters. The van der Waals surface area contributed by atoms with Gasteiger partial charge >= 0.3 is 0 Å². The maximum Gasteiger partial charge on any atom is 0.258 e. The molecule has 2 aromatic carbocycles. The molecule has 2 aliphatic heterocycles. The second kappa shape index (κ2) is 7.46. The van der Waals surface area contributed by atoms with Crippen LogP contribution in [0.5, 0.6) is 0 Å². The molecule has 0 aromatic heterocycles. The molecule has 6 heteroatoms. The molecule has 0 atom stereocenters. The van der Waals surface area contributed by atoms with E-state index in [2.05, 4.69) is 6.07 Å². The van der Waals surface area contributed by atoms with Gasteiger partial charge in [-0.25, -0.2) is 0 Å². The summed E-state index contributed by atoms with van der Waals surface area (Å²) in [5.74, 6) is -0.0637. The van der Waals surface area contributed by atoms with Crippen LogP contribution >= 0.6 is 0 Å². The normalized spacial score (nSPS) is 16.1. The highest BCUT2D eigenvalue weighted by atomic mass is 16.2. The first-order valence-corrected chi connectivity index (χ1v) is 9.59. The molecule has 1 fully saturated rings. The van der Waals surface area contributed by atoms with Crippen molar-refractivity contribution in [2.75, 3.05) is 37.6 Å². The molecule has 2 aliphatic rings. The third-order valence-electron chi connectivity index (χ3n) is 5.52. The maximum atomic E-state index is 12.9. The molecule has 0 saturated carbocycles. The van der Waals surface area contributed by atoms with E-state index in [9.17, 15) is 14.4 Å². The number of hydrogen-bond donors (Lipinski definition) is 0.